The summed E-state index contributed by atoms with van der Waals surface area (Å²) in [6, 6.07) is 0. The summed E-state index contributed by atoms with van der Waals surface area (Å²) in [7, 11) is 0. The maximum Gasteiger partial charge on any atom is 0.340 e. The van der Waals surface area contributed by atoms with Gasteiger partial charge in [-0.05, 0) is 19.3 Å². The maximum absolute atomic E-state index is 10.4. The van der Waals surface area contributed by atoms with Crippen LogP contribution in [0.2, 0.25) is 0 Å². The number of alkyl halides is 2. The van der Waals surface area contributed by atoms with Crippen molar-refractivity contribution in [2.75, 3.05) is 0 Å². The van der Waals surface area contributed by atoms with Crippen LogP contribution in [0.25, 0.3) is 0 Å². The molecule has 0 atom stereocenters. The molecule has 0 spiro atoms. The van der Waals surface area contributed by atoms with Crippen LogP contribution in [0.5, 0.6) is 0 Å². The van der Waals surface area contributed by atoms with Gasteiger partial charge in [0.15, 0.2) is 0 Å². The van der Waals surface area contributed by atoms with Gasteiger partial charge in [0.25, 0.3) is 0 Å². The first-order chi connectivity index (χ1) is 6.36. The summed E-state index contributed by atoms with van der Waals surface area (Å²) in [6.45, 7) is 0. The largest absolute Gasteiger partial charge is 0.481 e. The van der Waals surface area contributed by atoms with Crippen LogP contribution >= 0.6 is 23.2 Å². The van der Waals surface area contributed by atoms with Gasteiger partial charge in [0.2, 0.25) is 4.33 Å². The van der Waals surface area contributed by atoms with Crippen LogP contribution in [0.15, 0.2) is 0 Å². The fourth-order valence-electron chi connectivity index (χ4n) is 0.907. The van der Waals surface area contributed by atoms with Gasteiger partial charge < -0.3 is 10.2 Å². The fourth-order valence-corrected chi connectivity index (χ4v) is 1.17. The highest BCUT2D eigenvalue weighted by Crippen LogP contribution is 2.28. The van der Waals surface area contributed by atoms with Gasteiger partial charge in [-0.3, -0.25) is 4.79 Å². The molecule has 14 heavy (non-hydrogen) atoms. The summed E-state index contributed by atoms with van der Waals surface area (Å²) in [5.41, 5.74) is 0. The quantitative estimate of drug-likeness (QED) is 0.531. The van der Waals surface area contributed by atoms with Crippen LogP contribution in [0.4, 0.5) is 0 Å². The predicted molar refractivity (Wildman–Crippen MR) is 52.8 cm³/mol. The Hall–Kier alpha value is -0.480. The number of hydrogen-bond donors (Lipinski definition) is 2. The van der Waals surface area contributed by atoms with E-state index in [1.54, 1.807) is 0 Å². The van der Waals surface area contributed by atoms with E-state index in [1.807, 2.05) is 0 Å². The molecule has 0 bridgehead atoms. The van der Waals surface area contributed by atoms with E-state index in [0.29, 0.717) is 19.3 Å². The van der Waals surface area contributed by atoms with Gasteiger partial charge in [-0.2, -0.15) is 0 Å². The summed E-state index contributed by atoms with van der Waals surface area (Å²) in [6.07, 6.45) is 1.85. The predicted octanol–water partition coefficient (Wildman–Crippen LogP) is 2.28. The van der Waals surface area contributed by atoms with Gasteiger partial charge in [-0.25, -0.2) is 4.79 Å². The number of carboxylic acid groups (broad SMARTS) is 2. The Kier molecular flexibility index (Phi) is 5.88. The van der Waals surface area contributed by atoms with Crippen molar-refractivity contribution in [2.24, 2.45) is 0 Å². The Labute approximate surface area is 91.8 Å². The second-order valence-electron chi connectivity index (χ2n) is 2.96. The van der Waals surface area contributed by atoms with Crippen LogP contribution in [0.1, 0.15) is 32.1 Å². The minimum Gasteiger partial charge on any atom is -0.481 e. The van der Waals surface area contributed by atoms with Gasteiger partial charge in [0.05, 0.1) is 0 Å². The number of unbranched alkanes of at least 4 members (excludes halogenated alkanes) is 2. The molecule has 0 amide bonds. The summed E-state index contributed by atoms with van der Waals surface area (Å²) in [4.78, 5) is 20.6. The van der Waals surface area contributed by atoms with Crippen LogP contribution in [-0.4, -0.2) is 26.5 Å². The molecule has 0 aliphatic heterocycles. The molecule has 0 saturated heterocycles. The number of carboxylic acids is 2. The number of aliphatic carboxylic acids is 2. The Morgan fingerprint density at radius 2 is 1.64 bits per heavy atom. The highest BCUT2D eigenvalue weighted by molar-refractivity contribution is 6.57. The van der Waals surface area contributed by atoms with E-state index < -0.39 is 16.3 Å². The average molecular weight is 243 g/mol. The van der Waals surface area contributed by atoms with Crippen molar-refractivity contribution in [1.29, 1.82) is 0 Å². The number of rotatable bonds is 7. The van der Waals surface area contributed by atoms with E-state index in [0.717, 1.165) is 0 Å². The molecule has 2 N–H and O–H groups in total. The standard InChI is InChI=1S/C8H12Cl2O4/c9-8(10,7(13)14)5-3-1-2-4-6(11)12/h1-5H2,(H,11,12)(H,13,14). The molecule has 0 aromatic carbocycles. The topological polar surface area (TPSA) is 74.6 Å². The van der Waals surface area contributed by atoms with Gasteiger partial charge in [0, 0.05) is 6.42 Å². The first kappa shape index (κ1) is 13.5. The molecule has 6 heteroatoms. The van der Waals surface area contributed by atoms with Gasteiger partial charge >= 0.3 is 11.9 Å². The third-order valence-corrected chi connectivity index (χ3v) is 2.40. The normalized spacial score (nSPS) is 11.3. The molecule has 0 fully saturated rings. The lowest BCUT2D eigenvalue weighted by atomic mass is 10.1. The van der Waals surface area contributed by atoms with E-state index in [4.69, 9.17) is 33.4 Å². The average Bonchev–Trinajstić information content (AvgIpc) is 2.02. The third-order valence-electron chi connectivity index (χ3n) is 1.69. The summed E-state index contributed by atoms with van der Waals surface area (Å²) in [5, 5.41) is 16.8. The zero-order valence-corrected chi connectivity index (χ0v) is 9.01. The monoisotopic (exact) mass is 242 g/mol. The second-order valence-corrected chi connectivity index (χ2v) is 4.45. The zero-order valence-electron chi connectivity index (χ0n) is 7.50. The van der Waals surface area contributed by atoms with E-state index in [-0.39, 0.29) is 12.8 Å². The smallest absolute Gasteiger partial charge is 0.340 e. The maximum atomic E-state index is 10.4. The molecule has 4 nitrogen and oxygen atoms in total. The SMILES string of the molecule is O=C(O)CCCCCC(Cl)(Cl)C(=O)O. The van der Waals surface area contributed by atoms with Crippen LogP contribution in [-0.2, 0) is 9.59 Å². The van der Waals surface area contributed by atoms with Crippen molar-refractivity contribution < 1.29 is 19.8 Å². The fraction of sp³-hybridized carbons (Fsp3) is 0.750. The molecular weight excluding hydrogens is 231 g/mol. The number of hydrogen-bond acceptors (Lipinski definition) is 2. The Balaban J connectivity index is 3.54. The Morgan fingerprint density at radius 3 is 2.07 bits per heavy atom. The molecular formula is C8H12Cl2O4. The number of carbonyl (C=O) groups is 2. The van der Waals surface area contributed by atoms with E-state index in [2.05, 4.69) is 0 Å². The third kappa shape index (κ3) is 6.05. The van der Waals surface area contributed by atoms with Gasteiger partial charge in [-0.1, -0.05) is 29.6 Å². The molecule has 0 aromatic heterocycles. The second kappa shape index (κ2) is 6.09. The molecule has 0 saturated carbocycles. The number of halogens is 2. The van der Waals surface area contributed by atoms with Crippen molar-refractivity contribution in [3.8, 4) is 0 Å². The van der Waals surface area contributed by atoms with E-state index in [1.165, 1.54) is 0 Å². The summed E-state index contributed by atoms with van der Waals surface area (Å²) in [5.74, 6) is -2.12. The van der Waals surface area contributed by atoms with Crippen molar-refractivity contribution in [1.82, 2.24) is 0 Å². The van der Waals surface area contributed by atoms with Gasteiger partial charge in [0.1, 0.15) is 0 Å². The van der Waals surface area contributed by atoms with Crippen molar-refractivity contribution in [2.45, 2.75) is 36.4 Å². The zero-order chi connectivity index (χ0) is 11.2. The lowest BCUT2D eigenvalue weighted by molar-refractivity contribution is -0.138. The summed E-state index contributed by atoms with van der Waals surface area (Å²) < 4.78 is -1.75. The highest BCUT2D eigenvalue weighted by Gasteiger charge is 2.32. The molecule has 0 aliphatic rings. The van der Waals surface area contributed by atoms with Crippen LogP contribution in [0, 0.1) is 0 Å². The molecule has 0 rings (SSSR count). The van der Waals surface area contributed by atoms with Crippen molar-refractivity contribution in [3.63, 3.8) is 0 Å². The van der Waals surface area contributed by atoms with E-state index >= 15 is 0 Å². The molecule has 0 unspecified atom stereocenters. The minimum atomic E-state index is -1.75. The highest BCUT2D eigenvalue weighted by atomic mass is 35.5. The summed E-state index contributed by atoms with van der Waals surface area (Å²) >= 11 is 10.9. The Morgan fingerprint density at radius 1 is 1.07 bits per heavy atom. The lowest BCUT2D eigenvalue weighted by Gasteiger charge is -2.12. The first-order valence-corrected chi connectivity index (χ1v) is 4.95. The molecule has 0 aromatic rings. The molecule has 0 radical (unpaired) electrons. The van der Waals surface area contributed by atoms with Crippen LogP contribution in [0.3, 0.4) is 0 Å². The van der Waals surface area contributed by atoms with Crippen molar-refractivity contribution >= 4 is 35.1 Å². The Bertz CT molecular complexity index is 215. The van der Waals surface area contributed by atoms with Crippen LogP contribution < -0.4 is 0 Å². The van der Waals surface area contributed by atoms with E-state index in [9.17, 15) is 9.59 Å². The first-order valence-electron chi connectivity index (χ1n) is 4.19. The molecule has 0 aliphatic carbocycles. The molecule has 0 heterocycles. The lowest BCUT2D eigenvalue weighted by Crippen LogP contribution is -2.25. The van der Waals surface area contributed by atoms with Gasteiger partial charge in [-0.15, -0.1) is 0 Å². The molecule has 82 valence electrons. The minimum absolute atomic E-state index is 0.0879. The van der Waals surface area contributed by atoms with Crippen molar-refractivity contribution in [3.05, 3.63) is 0 Å².